The van der Waals surface area contributed by atoms with Gasteiger partial charge in [-0.2, -0.15) is 0 Å². The van der Waals surface area contributed by atoms with E-state index in [1.54, 1.807) is 28.4 Å². The fourth-order valence-electron chi connectivity index (χ4n) is 3.17. The maximum Gasteiger partial charge on any atom is 0.264 e. The highest BCUT2D eigenvalue weighted by Gasteiger charge is 2.22. The first-order valence-corrected chi connectivity index (χ1v) is 10.1. The average molecular weight is 391 g/mol. The molecule has 1 aliphatic carbocycles. The number of thiophene rings is 1. The standard InChI is InChI=1S/C20H23ClN2O2S/c1-3-23(12-19(24)22-16-11-15(21)9-8-13(16)2)20(25)18-10-14-6-4-5-7-17(14)26-18/h8-11H,3-7,12H2,1-2H3,(H,22,24). The molecule has 1 heterocycles. The van der Waals surface area contributed by atoms with E-state index in [-0.39, 0.29) is 18.4 Å². The minimum absolute atomic E-state index is 0.0316. The van der Waals surface area contributed by atoms with Gasteiger partial charge in [0.05, 0.1) is 4.88 Å². The van der Waals surface area contributed by atoms with E-state index in [2.05, 4.69) is 5.32 Å². The van der Waals surface area contributed by atoms with Gasteiger partial charge < -0.3 is 10.2 Å². The van der Waals surface area contributed by atoms with Crippen molar-refractivity contribution in [2.45, 2.75) is 39.5 Å². The minimum atomic E-state index is -0.216. The summed E-state index contributed by atoms with van der Waals surface area (Å²) in [5.74, 6) is -0.281. The van der Waals surface area contributed by atoms with Crippen LogP contribution >= 0.6 is 22.9 Å². The summed E-state index contributed by atoms with van der Waals surface area (Å²) in [6, 6.07) is 7.38. The number of benzene rings is 1. The second-order valence-corrected chi connectivity index (χ2v) is 8.17. The predicted molar refractivity (Wildman–Crippen MR) is 107 cm³/mol. The number of halogens is 1. The second kappa shape index (κ2) is 8.23. The van der Waals surface area contributed by atoms with Crippen LogP contribution in [0.5, 0.6) is 0 Å². The molecule has 0 saturated carbocycles. The Morgan fingerprint density at radius 3 is 2.73 bits per heavy atom. The third-order valence-electron chi connectivity index (χ3n) is 4.68. The lowest BCUT2D eigenvalue weighted by Crippen LogP contribution is -2.37. The molecule has 0 atom stereocenters. The molecule has 2 aromatic rings. The highest BCUT2D eigenvalue weighted by Crippen LogP contribution is 2.30. The van der Waals surface area contributed by atoms with Gasteiger partial charge in [-0.1, -0.05) is 17.7 Å². The molecular formula is C20H23ClN2O2S. The maximum atomic E-state index is 12.8. The van der Waals surface area contributed by atoms with E-state index in [0.29, 0.717) is 17.3 Å². The van der Waals surface area contributed by atoms with Crippen LogP contribution in [-0.2, 0) is 17.6 Å². The molecule has 0 saturated heterocycles. The van der Waals surface area contributed by atoms with Crippen LogP contribution in [0.1, 0.15) is 45.4 Å². The summed E-state index contributed by atoms with van der Waals surface area (Å²) in [5.41, 5.74) is 2.92. The summed E-state index contributed by atoms with van der Waals surface area (Å²) >= 11 is 7.58. The number of likely N-dealkylation sites (N-methyl/N-ethyl adjacent to an activating group) is 1. The van der Waals surface area contributed by atoms with Crippen molar-refractivity contribution in [2.24, 2.45) is 0 Å². The molecule has 0 unspecified atom stereocenters. The van der Waals surface area contributed by atoms with Crippen molar-refractivity contribution in [3.05, 3.63) is 50.2 Å². The molecule has 0 spiro atoms. The molecule has 0 aliphatic heterocycles. The van der Waals surface area contributed by atoms with Crippen molar-refractivity contribution >= 4 is 40.4 Å². The largest absolute Gasteiger partial charge is 0.329 e. The van der Waals surface area contributed by atoms with Gasteiger partial charge in [-0.3, -0.25) is 9.59 Å². The van der Waals surface area contributed by atoms with Crippen molar-refractivity contribution in [1.82, 2.24) is 4.90 Å². The first-order chi connectivity index (χ1) is 12.5. The molecule has 1 aliphatic rings. The van der Waals surface area contributed by atoms with E-state index in [4.69, 9.17) is 11.6 Å². The maximum absolute atomic E-state index is 12.8. The first kappa shape index (κ1) is 18.9. The molecule has 1 aromatic heterocycles. The molecule has 138 valence electrons. The van der Waals surface area contributed by atoms with Gasteiger partial charge in [-0.05, 0) is 68.9 Å². The third kappa shape index (κ3) is 4.27. The number of fused-ring (bicyclic) bond motifs is 1. The van der Waals surface area contributed by atoms with E-state index in [0.717, 1.165) is 23.3 Å². The summed E-state index contributed by atoms with van der Waals surface area (Å²) in [5, 5.41) is 3.43. The first-order valence-electron chi connectivity index (χ1n) is 8.94. The number of hydrogen-bond acceptors (Lipinski definition) is 3. The summed E-state index contributed by atoms with van der Waals surface area (Å²) in [4.78, 5) is 28.9. The van der Waals surface area contributed by atoms with E-state index in [1.807, 2.05) is 26.0 Å². The number of anilines is 1. The van der Waals surface area contributed by atoms with Gasteiger partial charge in [0.2, 0.25) is 5.91 Å². The lowest BCUT2D eigenvalue weighted by molar-refractivity contribution is -0.116. The summed E-state index contributed by atoms with van der Waals surface area (Å²) in [7, 11) is 0. The highest BCUT2D eigenvalue weighted by atomic mass is 35.5. The Bertz CT molecular complexity index is 808. The molecule has 26 heavy (non-hydrogen) atoms. The van der Waals surface area contributed by atoms with Crippen LogP contribution in [0.2, 0.25) is 5.02 Å². The number of carbonyl (C=O) groups is 2. The van der Waals surface area contributed by atoms with E-state index in [9.17, 15) is 9.59 Å². The minimum Gasteiger partial charge on any atom is -0.329 e. The van der Waals surface area contributed by atoms with Gasteiger partial charge in [0.25, 0.3) is 5.91 Å². The van der Waals surface area contributed by atoms with Crippen LogP contribution in [0, 0.1) is 6.92 Å². The monoisotopic (exact) mass is 390 g/mol. The van der Waals surface area contributed by atoms with Crippen LogP contribution in [0.3, 0.4) is 0 Å². The Morgan fingerprint density at radius 1 is 1.23 bits per heavy atom. The van der Waals surface area contributed by atoms with Crippen molar-refractivity contribution in [2.75, 3.05) is 18.4 Å². The highest BCUT2D eigenvalue weighted by molar-refractivity contribution is 7.14. The van der Waals surface area contributed by atoms with Crippen LogP contribution < -0.4 is 5.32 Å². The van der Waals surface area contributed by atoms with Crippen LogP contribution in [-0.4, -0.2) is 29.8 Å². The lowest BCUT2D eigenvalue weighted by atomic mass is 9.99. The van der Waals surface area contributed by atoms with Crippen LogP contribution in [0.15, 0.2) is 24.3 Å². The Labute approximate surface area is 163 Å². The van der Waals surface area contributed by atoms with Crippen molar-refractivity contribution in [3.8, 4) is 0 Å². The Hall–Kier alpha value is -1.85. The second-order valence-electron chi connectivity index (χ2n) is 6.59. The molecule has 3 rings (SSSR count). The molecule has 1 aromatic carbocycles. The average Bonchev–Trinajstić information content (AvgIpc) is 3.06. The van der Waals surface area contributed by atoms with Crippen molar-refractivity contribution in [3.63, 3.8) is 0 Å². The molecule has 1 N–H and O–H groups in total. The van der Waals surface area contributed by atoms with Gasteiger partial charge in [-0.25, -0.2) is 0 Å². The summed E-state index contributed by atoms with van der Waals surface area (Å²) in [6.45, 7) is 4.32. The van der Waals surface area contributed by atoms with E-state index in [1.165, 1.54) is 23.3 Å². The number of nitrogens with zero attached hydrogens (tertiary/aromatic N) is 1. The fraction of sp³-hybridized carbons (Fsp3) is 0.400. The fourth-order valence-corrected chi connectivity index (χ4v) is 4.56. The number of aryl methyl sites for hydroxylation is 3. The van der Waals surface area contributed by atoms with Crippen molar-refractivity contribution < 1.29 is 9.59 Å². The lowest BCUT2D eigenvalue weighted by Gasteiger charge is -2.20. The zero-order valence-electron chi connectivity index (χ0n) is 15.1. The topological polar surface area (TPSA) is 49.4 Å². The van der Waals surface area contributed by atoms with Crippen LogP contribution in [0.4, 0.5) is 5.69 Å². The smallest absolute Gasteiger partial charge is 0.264 e. The van der Waals surface area contributed by atoms with E-state index < -0.39 is 0 Å². The van der Waals surface area contributed by atoms with Crippen molar-refractivity contribution in [1.29, 1.82) is 0 Å². The number of carbonyl (C=O) groups excluding carboxylic acids is 2. The van der Waals surface area contributed by atoms with Gasteiger partial charge in [0, 0.05) is 22.1 Å². The number of rotatable bonds is 5. The third-order valence-corrected chi connectivity index (χ3v) is 6.14. The SMILES string of the molecule is CCN(CC(=O)Nc1cc(Cl)ccc1C)C(=O)c1cc2c(s1)CCCC2. The zero-order valence-corrected chi connectivity index (χ0v) is 16.7. The van der Waals surface area contributed by atoms with Crippen LogP contribution in [0.25, 0.3) is 0 Å². The molecular weight excluding hydrogens is 368 g/mol. The summed E-state index contributed by atoms with van der Waals surface area (Å²) < 4.78 is 0. The van der Waals surface area contributed by atoms with Gasteiger partial charge in [0.1, 0.15) is 6.54 Å². The molecule has 0 bridgehead atoms. The molecule has 2 amide bonds. The number of amides is 2. The quantitative estimate of drug-likeness (QED) is 0.805. The molecule has 0 radical (unpaired) electrons. The normalized spacial score (nSPS) is 13.2. The molecule has 0 fully saturated rings. The number of hydrogen-bond donors (Lipinski definition) is 1. The van der Waals surface area contributed by atoms with Gasteiger partial charge in [-0.15, -0.1) is 11.3 Å². The van der Waals surface area contributed by atoms with Gasteiger partial charge in [0.15, 0.2) is 0 Å². The molecule has 4 nitrogen and oxygen atoms in total. The Kier molecular flexibility index (Phi) is 5.99. The Balaban J connectivity index is 1.68. The summed E-state index contributed by atoms with van der Waals surface area (Å²) in [6.07, 6.45) is 4.50. The number of nitrogens with one attached hydrogen (secondary N) is 1. The predicted octanol–water partition coefficient (Wildman–Crippen LogP) is 4.69. The van der Waals surface area contributed by atoms with E-state index >= 15 is 0 Å². The zero-order chi connectivity index (χ0) is 18.7. The van der Waals surface area contributed by atoms with Gasteiger partial charge >= 0.3 is 0 Å². The Morgan fingerprint density at radius 2 is 2.00 bits per heavy atom. The molecule has 6 heteroatoms.